The molecule has 0 spiro atoms. The average Bonchev–Trinajstić information content (AvgIpc) is 2.28. The normalized spacial score (nSPS) is 10.7. The predicted molar refractivity (Wildman–Crippen MR) is 66.2 cm³/mol. The Morgan fingerprint density at radius 2 is 2.06 bits per heavy atom. The number of halogens is 1. The lowest BCUT2D eigenvalue weighted by Gasteiger charge is -2.11. The van der Waals surface area contributed by atoms with Crippen molar-refractivity contribution in [2.45, 2.75) is 20.2 Å². The van der Waals surface area contributed by atoms with Gasteiger partial charge in [-0.05, 0) is 46.4 Å². The van der Waals surface area contributed by atoms with Crippen molar-refractivity contribution in [3.63, 3.8) is 0 Å². The van der Waals surface area contributed by atoms with Crippen molar-refractivity contribution in [3.05, 3.63) is 35.6 Å². The zero-order chi connectivity index (χ0) is 11.7. The highest BCUT2D eigenvalue weighted by Crippen LogP contribution is 2.24. The van der Waals surface area contributed by atoms with E-state index in [1.54, 1.807) is 25.5 Å². The van der Waals surface area contributed by atoms with Crippen molar-refractivity contribution >= 4 is 23.5 Å². The van der Waals surface area contributed by atoms with Gasteiger partial charge in [0, 0.05) is 0 Å². The van der Waals surface area contributed by atoms with Crippen LogP contribution in [-0.4, -0.2) is 12.4 Å². The third kappa shape index (κ3) is 1.66. The lowest BCUT2D eigenvalue weighted by molar-refractivity contribution is 0.475. The number of fused-ring (bicyclic) bond motifs is 1. The molecule has 0 fully saturated rings. The summed E-state index contributed by atoms with van der Waals surface area (Å²) in [6, 6.07) is 6.52. The molecule has 1 N–H and O–H groups in total. The Balaban J connectivity index is 2.89. The minimum atomic E-state index is -0.213. The van der Waals surface area contributed by atoms with Crippen LogP contribution in [-0.2, 0) is 6.42 Å². The van der Waals surface area contributed by atoms with Gasteiger partial charge in [-0.2, -0.15) is 0 Å². The third-order valence-electron chi connectivity index (χ3n) is 2.84. The maximum atomic E-state index is 13.6. The Morgan fingerprint density at radius 1 is 1.31 bits per heavy atom. The van der Waals surface area contributed by atoms with Crippen molar-refractivity contribution in [1.29, 1.82) is 0 Å². The van der Waals surface area contributed by atoms with Crippen LogP contribution in [0.1, 0.15) is 12.5 Å². The average molecular weight is 215 g/mol. The molecule has 0 aliphatic carbocycles. The summed E-state index contributed by atoms with van der Waals surface area (Å²) in [5.74, 6) is 0.0217. The van der Waals surface area contributed by atoms with E-state index in [1.807, 2.05) is 13.7 Å². The minimum Gasteiger partial charge on any atom is -0.508 e. The molecule has 0 heterocycles. The Hall–Kier alpha value is -1.51. The topological polar surface area (TPSA) is 20.2 Å². The Labute approximate surface area is 95.2 Å². The second kappa shape index (κ2) is 4.16. The largest absolute Gasteiger partial charge is 0.508 e. The van der Waals surface area contributed by atoms with E-state index >= 15 is 0 Å². The molecule has 0 saturated carbocycles. The summed E-state index contributed by atoms with van der Waals surface area (Å²) in [7, 11) is 1.77. The third-order valence-corrected chi connectivity index (χ3v) is 2.84. The molecule has 3 heteroatoms. The highest BCUT2D eigenvalue weighted by molar-refractivity contribution is 6.56. The molecular weight excluding hydrogens is 202 g/mol. The van der Waals surface area contributed by atoms with Crippen LogP contribution in [0.4, 0.5) is 4.39 Å². The summed E-state index contributed by atoms with van der Waals surface area (Å²) in [5, 5.41) is 11.4. The lowest BCUT2D eigenvalue weighted by Crippen LogP contribution is -2.18. The number of aryl methyl sites for hydroxylation is 1. The molecule has 0 atom stereocenters. The van der Waals surface area contributed by atoms with Gasteiger partial charge in [0.1, 0.15) is 11.6 Å². The van der Waals surface area contributed by atoms with Crippen LogP contribution < -0.4 is 5.46 Å². The first kappa shape index (κ1) is 11.0. The van der Waals surface area contributed by atoms with E-state index in [2.05, 4.69) is 0 Å². The van der Waals surface area contributed by atoms with Crippen molar-refractivity contribution in [3.8, 4) is 5.75 Å². The maximum absolute atomic E-state index is 13.6. The highest BCUT2D eigenvalue weighted by Gasteiger charge is 2.10. The van der Waals surface area contributed by atoms with E-state index in [-0.39, 0.29) is 11.6 Å². The Bertz CT molecular complexity index is 537. The fraction of sp³-hybridized carbons (Fsp3) is 0.231. The van der Waals surface area contributed by atoms with Crippen LogP contribution in [0.25, 0.3) is 10.8 Å². The molecule has 0 amide bonds. The number of hydrogen-bond donors (Lipinski definition) is 1. The van der Waals surface area contributed by atoms with E-state index in [0.29, 0.717) is 5.46 Å². The molecule has 0 aliphatic heterocycles. The van der Waals surface area contributed by atoms with Crippen LogP contribution in [0.5, 0.6) is 5.75 Å². The molecule has 0 bridgehead atoms. The van der Waals surface area contributed by atoms with Crippen molar-refractivity contribution < 1.29 is 9.50 Å². The van der Waals surface area contributed by atoms with Crippen LogP contribution >= 0.6 is 0 Å². The minimum absolute atomic E-state index is 0.213. The van der Waals surface area contributed by atoms with Gasteiger partial charge in [-0.3, -0.25) is 0 Å². The van der Waals surface area contributed by atoms with Crippen LogP contribution in [0.15, 0.2) is 24.3 Å². The molecule has 1 radical (unpaired) electrons. The van der Waals surface area contributed by atoms with Gasteiger partial charge in [0.25, 0.3) is 0 Å². The number of phenols is 1. The van der Waals surface area contributed by atoms with E-state index < -0.39 is 0 Å². The van der Waals surface area contributed by atoms with Gasteiger partial charge in [-0.1, -0.05) is 19.8 Å². The van der Waals surface area contributed by atoms with Gasteiger partial charge in [-0.25, -0.2) is 4.39 Å². The quantitative estimate of drug-likeness (QED) is 0.763. The van der Waals surface area contributed by atoms with Gasteiger partial charge in [-0.15, -0.1) is 0 Å². The number of rotatable bonds is 2. The zero-order valence-corrected chi connectivity index (χ0v) is 9.42. The first-order chi connectivity index (χ1) is 7.67. The second-order valence-corrected chi connectivity index (χ2v) is 3.81. The SMILES string of the molecule is C[B]c1c(F)ccc2cc(O)cc(CC)c12. The molecule has 2 aromatic rings. The van der Waals surface area contributed by atoms with Gasteiger partial charge in [0.15, 0.2) is 7.28 Å². The van der Waals surface area contributed by atoms with Crippen LogP contribution in [0.3, 0.4) is 0 Å². The summed E-state index contributed by atoms with van der Waals surface area (Å²) in [4.78, 5) is 0. The highest BCUT2D eigenvalue weighted by atomic mass is 19.1. The Kier molecular flexibility index (Phi) is 2.86. The first-order valence-electron chi connectivity index (χ1n) is 5.40. The molecule has 81 valence electrons. The molecule has 16 heavy (non-hydrogen) atoms. The van der Waals surface area contributed by atoms with Crippen LogP contribution in [0.2, 0.25) is 6.82 Å². The number of hydrogen-bond acceptors (Lipinski definition) is 1. The molecule has 0 saturated heterocycles. The Morgan fingerprint density at radius 3 is 2.69 bits per heavy atom. The van der Waals surface area contributed by atoms with Crippen LogP contribution in [0, 0.1) is 5.82 Å². The van der Waals surface area contributed by atoms with Crippen molar-refractivity contribution in [2.24, 2.45) is 0 Å². The van der Waals surface area contributed by atoms with Crippen molar-refractivity contribution in [2.75, 3.05) is 0 Å². The summed E-state index contributed by atoms with van der Waals surface area (Å²) in [6.45, 7) is 3.82. The van der Waals surface area contributed by atoms with E-state index in [1.165, 1.54) is 6.07 Å². The molecule has 0 aliphatic rings. The summed E-state index contributed by atoms with van der Waals surface area (Å²) < 4.78 is 13.6. The number of aromatic hydroxyl groups is 1. The zero-order valence-electron chi connectivity index (χ0n) is 9.42. The smallest absolute Gasteiger partial charge is 0.153 e. The monoisotopic (exact) mass is 215 g/mol. The molecule has 2 aromatic carbocycles. The standard InChI is InChI=1S/C13H13BFO/c1-3-8-6-10(16)7-9-4-5-11(15)13(14-2)12(8)9/h4-7,16H,3H2,1-2H3. The first-order valence-corrected chi connectivity index (χ1v) is 5.40. The summed E-state index contributed by atoms with van der Waals surface area (Å²) in [6.07, 6.45) is 0.773. The van der Waals surface area contributed by atoms with E-state index in [4.69, 9.17) is 0 Å². The van der Waals surface area contributed by atoms with Gasteiger partial charge < -0.3 is 5.11 Å². The molecule has 1 nitrogen and oxygen atoms in total. The number of phenolic OH excluding ortho intramolecular Hbond substituents is 1. The summed E-state index contributed by atoms with van der Waals surface area (Å²) >= 11 is 0. The second-order valence-electron chi connectivity index (χ2n) is 3.81. The van der Waals surface area contributed by atoms with Crippen molar-refractivity contribution in [1.82, 2.24) is 0 Å². The van der Waals surface area contributed by atoms with E-state index in [9.17, 15) is 9.50 Å². The molecule has 0 unspecified atom stereocenters. The lowest BCUT2D eigenvalue weighted by atomic mass is 9.70. The van der Waals surface area contributed by atoms with Gasteiger partial charge >= 0.3 is 0 Å². The number of benzene rings is 2. The maximum Gasteiger partial charge on any atom is 0.153 e. The molecular formula is C13H13BFO. The van der Waals surface area contributed by atoms with Gasteiger partial charge in [0.2, 0.25) is 0 Å². The fourth-order valence-corrected chi connectivity index (χ4v) is 2.10. The molecule has 2 rings (SSSR count). The summed E-state index contributed by atoms with van der Waals surface area (Å²) in [5.41, 5.74) is 1.59. The fourth-order valence-electron chi connectivity index (χ4n) is 2.10. The molecule has 0 aromatic heterocycles. The van der Waals surface area contributed by atoms with Gasteiger partial charge in [0.05, 0.1) is 0 Å². The van der Waals surface area contributed by atoms with E-state index in [0.717, 1.165) is 22.8 Å². The predicted octanol–water partition coefficient (Wildman–Crippen LogP) is 2.62.